The quantitative estimate of drug-likeness (QED) is 0.232. The van der Waals surface area contributed by atoms with Crippen LogP contribution in [0.5, 0.6) is 11.5 Å². The summed E-state index contributed by atoms with van der Waals surface area (Å²) in [4.78, 5) is 52.5. The average molecular weight is 676 g/mol. The highest BCUT2D eigenvalue weighted by atomic mass is 32.1. The smallest absolute Gasteiger partial charge is 0.332 e. The van der Waals surface area contributed by atoms with E-state index in [0.717, 1.165) is 29.8 Å². The first-order valence-electron chi connectivity index (χ1n) is 16.9. The third kappa shape index (κ3) is 6.99. The van der Waals surface area contributed by atoms with Crippen LogP contribution in [0.3, 0.4) is 0 Å². The van der Waals surface area contributed by atoms with Gasteiger partial charge in [0.1, 0.15) is 28.8 Å². The van der Waals surface area contributed by atoms with Crippen LogP contribution in [0.15, 0.2) is 41.8 Å². The Morgan fingerprint density at radius 2 is 1.96 bits per heavy atom. The number of hydrogen-bond acceptors (Lipinski definition) is 10. The molecular formula is C36H45N5O6S. The van der Waals surface area contributed by atoms with E-state index in [1.165, 1.54) is 11.3 Å². The summed E-state index contributed by atoms with van der Waals surface area (Å²) in [5.41, 5.74) is 0.944. The van der Waals surface area contributed by atoms with Gasteiger partial charge in [0.25, 0.3) is 0 Å². The molecule has 0 spiro atoms. The second-order valence-corrected chi connectivity index (χ2v) is 14.2. The highest BCUT2D eigenvalue weighted by Gasteiger charge is 2.62. The van der Waals surface area contributed by atoms with Crippen molar-refractivity contribution in [1.82, 2.24) is 20.2 Å². The molecule has 48 heavy (non-hydrogen) atoms. The zero-order valence-corrected chi connectivity index (χ0v) is 29.1. The third-order valence-electron chi connectivity index (χ3n) is 9.48. The van der Waals surface area contributed by atoms with Gasteiger partial charge in [0.05, 0.1) is 36.8 Å². The number of ether oxygens (including phenoxy) is 3. The van der Waals surface area contributed by atoms with Crippen molar-refractivity contribution in [2.75, 3.05) is 32.6 Å². The predicted molar refractivity (Wildman–Crippen MR) is 185 cm³/mol. The number of hydrogen-bond donors (Lipinski definition) is 2. The molecule has 3 aromatic rings. The summed E-state index contributed by atoms with van der Waals surface area (Å²) in [6, 6.07) is 7.75. The Hall–Kier alpha value is -4.19. The molecular weight excluding hydrogens is 630 g/mol. The number of thiazole rings is 1. The lowest BCUT2D eigenvalue weighted by Crippen LogP contribution is -2.50. The van der Waals surface area contributed by atoms with Crippen molar-refractivity contribution < 1.29 is 28.6 Å². The maximum absolute atomic E-state index is 14.1. The van der Waals surface area contributed by atoms with E-state index in [4.69, 9.17) is 24.2 Å². The van der Waals surface area contributed by atoms with Gasteiger partial charge in [0.15, 0.2) is 5.13 Å². The van der Waals surface area contributed by atoms with Crippen LogP contribution in [0.4, 0.5) is 5.13 Å². The van der Waals surface area contributed by atoms with Crippen LogP contribution in [0.25, 0.3) is 22.3 Å². The molecule has 0 bridgehead atoms. The average Bonchev–Trinajstić information content (AvgIpc) is 3.34. The number of rotatable bonds is 8. The normalized spacial score (nSPS) is 26.0. The van der Waals surface area contributed by atoms with E-state index in [2.05, 4.69) is 30.6 Å². The zero-order chi connectivity index (χ0) is 34.0. The van der Waals surface area contributed by atoms with E-state index in [1.807, 2.05) is 35.7 Å². The number of carbonyl (C=O) groups is 3. The highest BCUT2D eigenvalue weighted by molar-refractivity contribution is 7.14. The number of benzene rings is 1. The molecule has 5 atom stereocenters. The molecule has 3 heterocycles. The monoisotopic (exact) mass is 675 g/mol. The van der Waals surface area contributed by atoms with Gasteiger partial charge in [-0.25, -0.2) is 14.8 Å². The molecule has 2 saturated carbocycles. The molecule has 2 aliphatic carbocycles. The van der Waals surface area contributed by atoms with Gasteiger partial charge in [-0.3, -0.25) is 9.59 Å². The number of carbonyl (C=O) groups excluding carboxylic acids is 3. The topological polar surface area (TPSA) is 132 Å². The third-order valence-corrected chi connectivity index (χ3v) is 10.3. The van der Waals surface area contributed by atoms with Crippen LogP contribution >= 0.6 is 11.3 Å². The Balaban J connectivity index is 1.32. The summed E-state index contributed by atoms with van der Waals surface area (Å²) in [5, 5.41) is 9.95. The molecule has 0 radical (unpaired) electrons. The Kier molecular flexibility index (Phi) is 9.91. The molecule has 256 valence electrons. The Morgan fingerprint density at radius 3 is 2.73 bits per heavy atom. The largest absolute Gasteiger partial charge is 0.497 e. The van der Waals surface area contributed by atoms with E-state index in [0.29, 0.717) is 54.2 Å². The molecule has 2 N–H and O–H groups in total. The SMILES string of the molecule is CCOC(=O)C12CC1C=CCCCCN(C)C(=O)C1CC(Oc3cc(-c4csc(NC(C)C)n4)nc4cc(OC)ccc34)CC1C(=O)N2. The van der Waals surface area contributed by atoms with Crippen LogP contribution < -0.4 is 20.1 Å². The molecule has 5 unspecified atom stereocenters. The Labute approximate surface area is 285 Å². The van der Waals surface area contributed by atoms with Gasteiger partial charge >= 0.3 is 5.97 Å². The summed E-state index contributed by atoms with van der Waals surface area (Å²) in [6.45, 7) is 6.72. The van der Waals surface area contributed by atoms with Crippen molar-refractivity contribution >= 4 is 45.2 Å². The van der Waals surface area contributed by atoms with Crippen molar-refractivity contribution in [3.8, 4) is 22.9 Å². The number of fused-ring (bicyclic) bond motifs is 3. The van der Waals surface area contributed by atoms with Gasteiger partial charge in [-0.05, 0) is 71.4 Å². The Morgan fingerprint density at radius 1 is 1.15 bits per heavy atom. The molecule has 11 nitrogen and oxygen atoms in total. The minimum absolute atomic E-state index is 0.0796. The molecule has 1 aromatic carbocycles. The molecule has 2 aromatic heterocycles. The Bertz CT molecular complexity index is 1710. The fourth-order valence-electron chi connectivity index (χ4n) is 6.85. The van der Waals surface area contributed by atoms with Crippen molar-refractivity contribution in [2.45, 2.75) is 77.0 Å². The molecule has 3 aliphatic rings. The van der Waals surface area contributed by atoms with Crippen LogP contribution in [0.2, 0.25) is 0 Å². The first-order valence-corrected chi connectivity index (χ1v) is 17.8. The molecule has 0 saturated heterocycles. The van der Waals surface area contributed by atoms with Crippen LogP contribution in [0, 0.1) is 17.8 Å². The first-order chi connectivity index (χ1) is 23.1. The number of esters is 1. The fourth-order valence-corrected chi connectivity index (χ4v) is 7.70. The minimum Gasteiger partial charge on any atom is -0.497 e. The summed E-state index contributed by atoms with van der Waals surface area (Å²) < 4.78 is 17.6. The van der Waals surface area contributed by atoms with Gasteiger partial charge in [0.2, 0.25) is 11.8 Å². The van der Waals surface area contributed by atoms with E-state index in [-0.39, 0.29) is 30.4 Å². The number of nitrogens with zero attached hydrogens (tertiary/aromatic N) is 3. The minimum atomic E-state index is -1.10. The summed E-state index contributed by atoms with van der Waals surface area (Å²) in [6.07, 6.45) is 7.47. The number of pyridine rings is 1. The van der Waals surface area contributed by atoms with E-state index >= 15 is 0 Å². The fraction of sp³-hybridized carbons (Fsp3) is 0.528. The van der Waals surface area contributed by atoms with Crippen LogP contribution in [-0.4, -0.2) is 77.6 Å². The number of anilines is 1. The van der Waals surface area contributed by atoms with Crippen molar-refractivity contribution in [3.05, 3.63) is 41.8 Å². The highest BCUT2D eigenvalue weighted by Crippen LogP contribution is 2.47. The first kappa shape index (κ1) is 33.7. The maximum atomic E-state index is 14.1. The van der Waals surface area contributed by atoms with Crippen molar-refractivity contribution in [1.29, 1.82) is 0 Å². The predicted octanol–water partition coefficient (Wildman–Crippen LogP) is 5.60. The molecule has 12 heteroatoms. The lowest BCUT2D eigenvalue weighted by Gasteiger charge is -2.26. The van der Waals surface area contributed by atoms with Gasteiger partial charge in [0, 0.05) is 48.5 Å². The second-order valence-electron chi connectivity index (χ2n) is 13.3. The molecule has 6 rings (SSSR count). The van der Waals surface area contributed by atoms with Gasteiger partial charge in [-0.15, -0.1) is 11.3 Å². The van der Waals surface area contributed by atoms with Crippen LogP contribution in [-0.2, 0) is 19.1 Å². The number of amides is 2. The molecule has 2 fully saturated rings. The summed E-state index contributed by atoms with van der Waals surface area (Å²) >= 11 is 1.51. The number of nitrogens with one attached hydrogen (secondary N) is 2. The maximum Gasteiger partial charge on any atom is 0.332 e. The number of aromatic nitrogens is 2. The van der Waals surface area contributed by atoms with Gasteiger partial charge in [-0.1, -0.05) is 12.2 Å². The summed E-state index contributed by atoms with van der Waals surface area (Å²) in [7, 11) is 3.41. The lowest BCUT2D eigenvalue weighted by molar-refractivity contribution is -0.150. The van der Waals surface area contributed by atoms with E-state index < -0.39 is 29.4 Å². The van der Waals surface area contributed by atoms with Gasteiger partial charge in [-0.2, -0.15) is 0 Å². The van der Waals surface area contributed by atoms with E-state index in [1.54, 1.807) is 26.0 Å². The lowest BCUT2D eigenvalue weighted by atomic mass is 9.93. The zero-order valence-electron chi connectivity index (χ0n) is 28.3. The number of methoxy groups -OCH3 is 1. The van der Waals surface area contributed by atoms with Crippen molar-refractivity contribution in [2.24, 2.45) is 17.8 Å². The molecule has 1 aliphatic heterocycles. The van der Waals surface area contributed by atoms with Gasteiger partial charge < -0.3 is 29.7 Å². The number of allylic oxidation sites excluding steroid dienone is 1. The van der Waals surface area contributed by atoms with E-state index in [9.17, 15) is 14.4 Å². The van der Waals surface area contributed by atoms with Crippen LogP contribution in [0.1, 0.15) is 59.3 Å². The summed E-state index contributed by atoms with van der Waals surface area (Å²) in [5.74, 6) is -0.949. The standard InChI is InChI=1S/C36H45N5O6S/c1-6-46-34(44)36-19-22(36)11-9-7-8-10-14-41(4)33(43)27-16-24(15-26(27)32(42)40-36)47-31-18-29(30-20-48-35(39-30)37-21(2)3)38-28-17-23(45-5)12-13-25(28)31/h9,11-13,17-18,20-22,24,26-27H,6-8,10,14-16,19H2,1-5H3,(H,37,39)(H,40,42). The second kappa shape index (κ2) is 14.1. The molecule has 2 amide bonds. The van der Waals surface area contributed by atoms with Crippen molar-refractivity contribution in [3.63, 3.8) is 0 Å².